The number of hydrogen-bond acceptors (Lipinski definition) is 3. The normalized spacial score (nSPS) is 30.9. The van der Waals surface area contributed by atoms with Gasteiger partial charge in [0.25, 0.3) is 0 Å². The lowest BCUT2D eigenvalue weighted by Gasteiger charge is -2.28. The van der Waals surface area contributed by atoms with E-state index in [1.807, 2.05) is 18.2 Å². The van der Waals surface area contributed by atoms with Gasteiger partial charge < -0.3 is 5.32 Å². The topological polar surface area (TPSA) is 39.1 Å². The van der Waals surface area contributed by atoms with Crippen molar-refractivity contribution in [2.45, 2.75) is 25.3 Å². The molecular weight excluding hydrogens is 246 g/mol. The van der Waals surface area contributed by atoms with E-state index < -0.39 is 0 Å². The van der Waals surface area contributed by atoms with E-state index in [9.17, 15) is 5.26 Å². The molecule has 4 unspecified atom stereocenters. The average Bonchev–Trinajstić information content (AvgIpc) is 3.05. The van der Waals surface area contributed by atoms with Crippen LogP contribution in [-0.2, 0) is 0 Å². The van der Waals surface area contributed by atoms with Gasteiger partial charge in [0.15, 0.2) is 0 Å². The zero-order chi connectivity index (χ0) is 13.9. The van der Waals surface area contributed by atoms with Gasteiger partial charge in [-0.25, -0.2) is 0 Å². The third-order valence-electron chi connectivity index (χ3n) is 5.02. The molecule has 1 aromatic rings. The Kier molecular flexibility index (Phi) is 4.05. The van der Waals surface area contributed by atoms with Crippen LogP contribution < -0.4 is 5.32 Å². The molecule has 3 heteroatoms. The van der Waals surface area contributed by atoms with Crippen LogP contribution in [0.3, 0.4) is 0 Å². The van der Waals surface area contributed by atoms with Gasteiger partial charge in [-0.05, 0) is 36.9 Å². The maximum absolute atomic E-state index is 9.51. The van der Waals surface area contributed by atoms with Crippen molar-refractivity contribution in [1.82, 2.24) is 10.2 Å². The first-order chi connectivity index (χ1) is 9.83. The lowest BCUT2D eigenvalue weighted by molar-refractivity contribution is 0.215. The third kappa shape index (κ3) is 2.46. The summed E-state index contributed by atoms with van der Waals surface area (Å²) in [4.78, 5) is 2.57. The van der Waals surface area contributed by atoms with Gasteiger partial charge in [0.1, 0.15) is 0 Å². The summed E-state index contributed by atoms with van der Waals surface area (Å²) in [6.07, 6.45) is 1.19. The van der Waals surface area contributed by atoms with Crippen molar-refractivity contribution in [1.29, 1.82) is 5.26 Å². The highest BCUT2D eigenvalue weighted by Gasteiger charge is 2.43. The summed E-state index contributed by atoms with van der Waals surface area (Å²) < 4.78 is 0. The monoisotopic (exact) mass is 269 g/mol. The van der Waals surface area contributed by atoms with Gasteiger partial charge in [-0.2, -0.15) is 5.26 Å². The summed E-state index contributed by atoms with van der Waals surface area (Å²) in [6.45, 7) is 6.62. The van der Waals surface area contributed by atoms with Crippen LogP contribution in [0.5, 0.6) is 0 Å². The van der Waals surface area contributed by atoms with E-state index in [0.717, 1.165) is 43.6 Å². The zero-order valence-electron chi connectivity index (χ0n) is 12.1. The van der Waals surface area contributed by atoms with Crippen LogP contribution in [0.4, 0.5) is 0 Å². The molecule has 0 radical (unpaired) electrons. The minimum absolute atomic E-state index is 0.00274. The second kappa shape index (κ2) is 5.95. The Morgan fingerprint density at radius 3 is 2.85 bits per heavy atom. The Morgan fingerprint density at radius 2 is 2.15 bits per heavy atom. The molecule has 3 rings (SSSR count). The van der Waals surface area contributed by atoms with E-state index in [2.05, 4.69) is 35.3 Å². The van der Waals surface area contributed by atoms with Crippen LogP contribution in [0.25, 0.3) is 0 Å². The molecular formula is C17H23N3. The van der Waals surface area contributed by atoms with Crippen molar-refractivity contribution in [3.05, 3.63) is 35.9 Å². The molecule has 0 bridgehead atoms. The molecule has 2 aliphatic heterocycles. The van der Waals surface area contributed by atoms with Gasteiger partial charge >= 0.3 is 0 Å². The second-order valence-electron chi connectivity index (χ2n) is 6.10. The number of benzene rings is 1. The molecule has 2 saturated heterocycles. The maximum Gasteiger partial charge on any atom is 0.0839 e. The first kappa shape index (κ1) is 13.6. The Labute approximate surface area is 121 Å². The van der Waals surface area contributed by atoms with Gasteiger partial charge in [-0.15, -0.1) is 0 Å². The van der Waals surface area contributed by atoms with Crippen molar-refractivity contribution < 1.29 is 0 Å². The maximum atomic E-state index is 9.51. The van der Waals surface area contributed by atoms with E-state index in [1.54, 1.807) is 0 Å². The molecule has 1 aromatic carbocycles. The molecule has 0 aliphatic carbocycles. The standard InChI is InChI=1S/C17H23N3/c1-2-17-16-10-19-9-15(16)12-20(17)11-14(8-18)13-6-4-3-5-7-13/h3-7,14-17,19H,2,9-12H2,1H3. The molecule has 0 amide bonds. The molecule has 2 heterocycles. The van der Waals surface area contributed by atoms with E-state index >= 15 is 0 Å². The number of hydrogen-bond donors (Lipinski definition) is 1. The Bertz CT molecular complexity index is 479. The number of nitrogens with zero attached hydrogens (tertiary/aromatic N) is 2. The predicted octanol–water partition coefficient (Wildman–Crippen LogP) is 2.22. The zero-order valence-corrected chi connectivity index (χ0v) is 12.1. The van der Waals surface area contributed by atoms with Crippen LogP contribution >= 0.6 is 0 Å². The molecule has 2 aliphatic rings. The van der Waals surface area contributed by atoms with Crippen molar-refractivity contribution in [3.63, 3.8) is 0 Å². The largest absolute Gasteiger partial charge is 0.316 e. The van der Waals surface area contributed by atoms with E-state index in [-0.39, 0.29) is 5.92 Å². The first-order valence-electron chi connectivity index (χ1n) is 7.72. The molecule has 1 N–H and O–H groups in total. The van der Waals surface area contributed by atoms with Gasteiger partial charge in [-0.3, -0.25) is 4.90 Å². The summed E-state index contributed by atoms with van der Waals surface area (Å²) in [5.74, 6) is 1.57. The highest BCUT2D eigenvalue weighted by atomic mass is 15.2. The minimum atomic E-state index is -0.00274. The Morgan fingerprint density at radius 1 is 1.35 bits per heavy atom. The van der Waals surface area contributed by atoms with Crippen molar-refractivity contribution in [2.75, 3.05) is 26.2 Å². The van der Waals surface area contributed by atoms with E-state index in [1.165, 1.54) is 6.42 Å². The molecule has 20 heavy (non-hydrogen) atoms. The highest BCUT2D eigenvalue weighted by Crippen LogP contribution is 2.35. The first-order valence-corrected chi connectivity index (χ1v) is 7.72. The molecule has 3 nitrogen and oxygen atoms in total. The molecule has 0 spiro atoms. The number of nitriles is 1. The second-order valence-corrected chi connectivity index (χ2v) is 6.10. The van der Waals surface area contributed by atoms with Crippen LogP contribution in [0, 0.1) is 23.2 Å². The van der Waals surface area contributed by atoms with Crippen molar-refractivity contribution >= 4 is 0 Å². The lowest BCUT2D eigenvalue weighted by Crippen LogP contribution is -2.37. The van der Waals surface area contributed by atoms with Gasteiger partial charge in [0.2, 0.25) is 0 Å². The average molecular weight is 269 g/mol. The van der Waals surface area contributed by atoms with Crippen molar-refractivity contribution in [2.24, 2.45) is 11.8 Å². The van der Waals surface area contributed by atoms with Crippen LogP contribution in [0.1, 0.15) is 24.8 Å². The third-order valence-corrected chi connectivity index (χ3v) is 5.02. The van der Waals surface area contributed by atoms with Crippen LogP contribution in [0.2, 0.25) is 0 Å². The molecule has 0 aromatic heterocycles. The fraction of sp³-hybridized carbons (Fsp3) is 0.588. The number of rotatable bonds is 4. The summed E-state index contributed by atoms with van der Waals surface area (Å²) in [7, 11) is 0. The van der Waals surface area contributed by atoms with Gasteiger partial charge in [0.05, 0.1) is 12.0 Å². The SMILES string of the molecule is CCC1C2CNCC2CN1CC(C#N)c1ccccc1. The van der Waals surface area contributed by atoms with Crippen molar-refractivity contribution in [3.8, 4) is 6.07 Å². The summed E-state index contributed by atoms with van der Waals surface area (Å²) >= 11 is 0. The number of fused-ring (bicyclic) bond motifs is 1. The Hall–Kier alpha value is -1.37. The van der Waals surface area contributed by atoms with E-state index in [4.69, 9.17) is 0 Å². The van der Waals surface area contributed by atoms with Crippen LogP contribution in [-0.4, -0.2) is 37.1 Å². The van der Waals surface area contributed by atoms with Crippen LogP contribution in [0.15, 0.2) is 30.3 Å². The Balaban J connectivity index is 1.72. The lowest BCUT2D eigenvalue weighted by atomic mass is 9.92. The molecule has 2 fully saturated rings. The predicted molar refractivity (Wildman–Crippen MR) is 80.3 cm³/mol. The summed E-state index contributed by atoms with van der Waals surface area (Å²) in [6, 6.07) is 13.4. The fourth-order valence-corrected chi connectivity index (χ4v) is 4.02. The highest BCUT2D eigenvalue weighted by molar-refractivity contribution is 5.25. The quantitative estimate of drug-likeness (QED) is 0.911. The summed E-state index contributed by atoms with van der Waals surface area (Å²) in [5, 5.41) is 13.0. The smallest absolute Gasteiger partial charge is 0.0839 e. The van der Waals surface area contributed by atoms with Gasteiger partial charge in [-0.1, -0.05) is 37.3 Å². The number of likely N-dealkylation sites (tertiary alicyclic amines) is 1. The number of nitrogens with one attached hydrogen (secondary N) is 1. The molecule has 106 valence electrons. The van der Waals surface area contributed by atoms with Gasteiger partial charge in [0, 0.05) is 19.1 Å². The molecule has 0 saturated carbocycles. The summed E-state index contributed by atoms with van der Waals surface area (Å²) in [5.41, 5.74) is 1.15. The molecule has 4 atom stereocenters. The minimum Gasteiger partial charge on any atom is -0.316 e. The van der Waals surface area contributed by atoms with E-state index in [0.29, 0.717) is 6.04 Å². The fourth-order valence-electron chi connectivity index (χ4n) is 4.02.